The second-order valence-electron chi connectivity index (χ2n) is 7.53. The highest BCUT2D eigenvalue weighted by atomic mass is 16.2. The smallest absolute Gasteiger partial charge is 0.261 e. The minimum absolute atomic E-state index is 0.0203. The molecule has 5 heteroatoms. The van der Waals surface area contributed by atoms with Gasteiger partial charge in [0.15, 0.2) is 0 Å². The predicted octanol–water partition coefficient (Wildman–Crippen LogP) is 3.27. The SMILES string of the molecule is O=C(CCc1ccccc1)N1CCC(Cn2cnc3ccccc3c2=O)CC1. The maximum absolute atomic E-state index is 12.7. The number of piperidine rings is 1. The van der Waals surface area contributed by atoms with Gasteiger partial charge >= 0.3 is 0 Å². The molecule has 2 aromatic carbocycles. The minimum Gasteiger partial charge on any atom is -0.343 e. The standard InChI is InChI=1S/C23H25N3O2/c27-22(11-10-18-6-2-1-3-7-18)25-14-12-19(13-15-25)16-26-17-24-21-9-5-4-8-20(21)23(26)28/h1-9,17,19H,10-16H2. The quantitative estimate of drug-likeness (QED) is 0.688. The van der Waals surface area contributed by atoms with Crippen LogP contribution in [0.15, 0.2) is 65.7 Å². The molecule has 0 spiro atoms. The van der Waals surface area contributed by atoms with Gasteiger partial charge in [-0.05, 0) is 42.9 Å². The number of likely N-dealkylation sites (tertiary alicyclic amines) is 1. The van der Waals surface area contributed by atoms with Gasteiger partial charge in [0, 0.05) is 26.1 Å². The van der Waals surface area contributed by atoms with Crippen molar-refractivity contribution in [1.82, 2.24) is 14.5 Å². The number of hydrogen-bond donors (Lipinski definition) is 0. The molecule has 1 saturated heterocycles. The van der Waals surface area contributed by atoms with E-state index in [-0.39, 0.29) is 11.5 Å². The highest BCUT2D eigenvalue weighted by Crippen LogP contribution is 2.20. The Labute approximate surface area is 164 Å². The van der Waals surface area contributed by atoms with Crippen LogP contribution in [0.1, 0.15) is 24.8 Å². The number of benzene rings is 2. The Morgan fingerprint density at radius 2 is 1.71 bits per heavy atom. The van der Waals surface area contributed by atoms with Crippen molar-refractivity contribution in [3.05, 3.63) is 76.8 Å². The van der Waals surface area contributed by atoms with Gasteiger partial charge in [-0.15, -0.1) is 0 Å². The molecule has 0 radical (unpaired) electrons. The number of hydrogen-bond acceptors (Lipinski definition) is 3. The van der Waals surface area contributed by atoms with Crippen LogP contribution in [-0.4, -0.2) is 33.4 Å². The van der Waals surface area contributed by atoms with Crippen molar-refractivity contribution in [3.8, 4) is 0 Å². The van der Waals surface area contributed by atoms with E-state index in [2.05, 4.69) is 17.1 Å². The van der Waals surface area contributed by atoms with Crippen LogP contribution >= 0.6 is 0 Å². The predicted molar refractivity (Wildman–Crippen MR) is 110 cm³/mol. The maximum Gasteiger partial charge on any atom is 0.261 e. The zero-order valence-corrected chi connectivity index (χ0v) is 16.0. The van der Waals surface area contributed by atoms with Gasteiger partial charge in [0.2, 0.25) is 5.91 Å². The van der Waals surface area contributed by atoms with Crippen molar-refractivity contribution in [2.45, 2.75) is 32.2 Å². The summed E-state index contributed by atoms with van der Waals surface area (Å²) in [5, 5.41) is 0.665. The molecule has 0 bridgehead atoms. The second kappa shape index (κ2) is 8.38. The molecule has 3 aromatic rings. The number of para-hydroxylation sites is 1. The maximum atomic E-state index is 12.7. The van der Waals surface area contributed by atoms with Crippen molar-refractivity contribution >= 4 is 16.8 Å². The Kier molecular flexibility index (Phi) is 5.51. The van der Waals surface area contributed by atoms with E-state index >= 15 is 0 Å². The summed E-state index contributed by atoms with van der Waals surface area (Å²) in [5.41, 5.74) is 1.96. The summed E-state index contributed by atoms with van der Waals surface area (Å²) in [7, 11) is 0. The van der Waals surface area contributed by atoms with Crippen molar-refractivity contribution in [2.24, 2.45) is 5.92 Å². The van der Waals surface area contributed by atoms with Crippen molar-refractivity contribution in [2.75, 3.05) is 13.1 Å². The first-order chi connectivity index (χ1) is 13.7. The third kappa shape index (κ3) is 4.14. The lowest BCUT2D eigenvalue weighted by molar-refractivity contribution is -0.132. The summed E-state index contributed by atoms with van der Waals surface area (Å²) < 4.78 is 1.72. The number of aromatic nitrogens is 2. The number of aryl methyl sites for hydroxylation is 1. The van der Waals surface area contributed by atoms with E-state index in [1.807, 2.05) is 47.4 Å². The fraction of sp³-hybridized carbons (Fsp3) is 0.348. The van der Waals surface area contributed by atoms with Crippen molar-refractivity contribution in [3.63, 3.8) is 0 Å². The molecule has 0 saturated carbocycles. The average Bonchev–Trinajstić information content (AvgIpc) is 2.75. The van der Waals surface area contributed by atoms with Crippen LogP contribution in [0.5, 0.6) is 0 Å². The van der Waals surface area contributed by atoms with Crippen LogP contribution < -0.4 is 5.56 Å². The minimum atomic E-state index is 0.0203. The second-order valence-corrected chi connectivity index (χ2v) is 7.53. The molecule has 1 aliphatic rings. The Morgan fingerprint density at radius 3 is 2.50 bits per heavy atom. The summed E-state index contributed by atoms with van der Waals surface area (Å²) in [5.74, 6) is 0.630. The lowest BCUT2D eigenvalue weighted by atomic mass is 9.96. The van der Waals surface area contributed by atoms with E-state index in [1.165, 1.54) is 5.56 Å². The first-order valence-electron chi connectivity index (χ1n) is 9.96. The summed E-state index contributed by atoms with van der Waals surface area (Å²) in [6.45, 7) is 2.21. The third-order valence-corrected chi connectivity index (χ3v) is 5.62. The van der Waals surface area contributed by atoms with Gasteiger partial charge in [0.05, 0.1) is 17.2 Å². The summed E-state index contributed by atoms with van der Waals surface area (Å²) in [6, 6.07) is 17.6. The van der Waals surface area contributed by atoms with E-state index in [1.54, 1.807) is 10.9 Å². The Balaban J connectivity index is 1.31. The number of rotatable bonds is 5. The molecule has 1 amide bonds. The zero-order valence-electron chi connectivity index (χ0n) is 16.0. The molecular weight excluding hydrogens is 350 g/mol. The molecule has 1 aliphatic heterocycles. The monoisotopic (exact) mass is 375 g/mol. The first-order valence-corrected chi connectivity index (χ1v) is 9.96. The summed E-state index contributed by atoms with van der Waals surface area (Å²) in [4.78, 5) is 31.5. The average molecular weight is 375 g/mol. The number of amides is 1. The molecule has 144 valence electrons. The summed E-state index contributed by atoms with van der Waals surface area (Å²) in [6.07, 6.45) is 4.86. The van der Waals surface area contributed by atoms with Gasteiger partial charge in [-0.25, -0.2) is 4.98 Å². The van der Waals surface area contributed by atoms with Crippen molar-refractivity contribution < 1.29 is 4.79 Å². The molecular formula is C23H25N3O2. The fourth-order valence-electron chi connectivity index (χ4n) is 3.93. The third-order valence-electron chi connectivity index (χ3n) is 5.62. The van der Waals surface area contributed by atoms with Crippen molar-refractivity contribution in [1.29, 1.82) is 0 Å². The number of carbonyl (C=O) groups excluding carboxylic acids is 1. The lowest BCUT2D eigenvalue weighted by Gasteiger charge is -2.32. The van der Waals surface area contributed by atoms with E-state index < -0.39 is 0 Å². The molecule has 2 heterocycles. The van der Waals surface area contributed by atoms with Crippen LogP contribution in [0.25, 0.3) is 10.9 Å². The van der Waals surface area contributed by atoms with E-state index in [0.29, 0.717) is 24.3 Å². The largest absolute Gasteiger partial charge is 0.343 e. The highest BCUT2D eigenvalue weighted by molar-refractivity contribution is 5.77. The zero-order chi connectivity index (χ0) is 19.3. The Morgan fingerprint density at radius 1 is 1.00 bits per heavy atom. The van der Waals surface area contributed by atoms with Gasteiger partial charge in [0.1, 0.15) is 0 Å². The van der Waals surface area contributed by atoms with Crippen LogP contribution in [0, 0.1) is 5.92 Å². The van der Waals surface area contributed by atoms with Gasteiger partial charge in [-0.3, -0.25) is 14.2 Å². The normalized spacial score (nSPS) is 15.1. The Bertz CT molecular complexity index is 1010. The lowest BCUT2D eigenvalue weighted by Crippen LogP contribution is -2.40. The molecule has 0 unspecified atom stereocenters. The van der Waals surface area contributed by atoms with E-state index in [9.17, 15) is 9.59 Å². The number of nitrogens with zero attached hydrogens (tertiary/aromatic N) is 3. The van der Waals surface area contributed by atoms with E-state index in [4.69, 9.17) is 0 Å². The Hall–Kier alpha value is -2.95. The van der Waals surface area contributed by atoms with Crippen LogP contribution in [0.4, 0.5) is 0 Å². The van der Waals surface area contributed by atoms with Gasteiger partial charge in [-0.1, -0.05) is 42.5 Å². The van der Waals surface area contributed by atoms with Gasteiger partial charge < -0.3 is 4.90 Å². The number of fused-ring (bicyclic) bond motifs is 1. The highest BCUT2D eigenvalue weighted by Gasteiger charge is 2.23. The first kappa shape index (κ1) is 18.4. The molecule has 0 atom stereocenters. The van der Waals surface area contributed by atoms with Crippen LogP contribution in [-0.2, 0) is 17.8 Å². The summed E-state index contributed by atoms with van der Waals surface area (Å²) >= 11 is 0. The topological polar surface area (TPSA) is 55.2 Å². The molecule has 1 fully saturated rings. The van der Waals surface area contributed by atoms with Gasteiger partial charge in [0.25, 0.3) is 5.56 Å². The molecule has 4 rings (SSSR count). The van der Waals surface area contributed by atoms with Gasteiger partial charge in [-0.2, -0.15) is 0 Å². The molecule has 5 nitrogen and oxygen atoms in total. The number of carbonyl (C=O) groups is 1. The van der Waals surface area contributed by atoms with E-state index in [0.717, 1.165) is 37.9 Å². The molecule has 28 heavy (non-hydrogen) atoms. The van der Waals surface area contributed by atoms with Crippen LogP contribution in [0.2, 0.25) is 0 Å². The fourth-order valence-corrected chi connectivity index (χ4v) is 3.93. The molecule has 0 N–H and O–H groups in total. The van der Waals surface area contributed by atoms with Crippen LogP contribution in [0.3, 0.4) is 0 Å². The molecule has 1 aromatic heterocycles. The molecule has 0 aliphatic carbocycles.